The molecule has 3 fully saturated rings. The fraction of sp³-hybridized carbons (Fsp3) is 0.909. The molecule has 0 aromatic rings. The van der Waals surface area contributed by atoms with Gasteiger partial charge in [-0.15, -0.1) is 0 Å². The summed E-state index contributed by atoms with van der Waals surface area (Å²) in [6.07, 6.45) is 16.9. The fourth-order valence-electron chi connectivity index (χ4n) is 7.72. The Kier molecular flexibility index (Phi) is 3.95. The largest absolute Gasteiger partial charge is 0.393 e. The molecule has 4 rings (SSSR count). The van der Waals surface area contributed by atoms with Gasteiger partial charge in [-0.1, -0.05) is 45.8 Å². The molecule has 0 bridgehead atoms. The quantitative estimate of drug-likeness (QED) is 0.659. The average Bonchev–Trinajstić information content (AvgIpc) is 2.83. The van der Waals surface area contributed by atoms with Gasteiger partial charge in [0.1, 0.15) is 0 Å². The number of allylic oxidation sites excluding steroid dienone is 2. The SMILES string of the molecule is CCC[C@@H]1C[C@H]2[C@@H]3CC[C@H](O)[C@@]3(C)CC[C@@H]2[C@@]2(C)CCC=CC12. The van der Waals surface area contributed by atoms with Gasteiger partial charge in [-0.25, -0.2) is 0 Å². The maximum Gasteiger partial charge on any atom is 0.0596 e. The Morgan fingerprint density at radius 3 is 2.61 bits per heavy atom. The van der Waals surface area contributed by atoms with E-state index in [1.165, 1.54) is 51.4 Å². The minimum Gasteiger partial charge on any atom is -0.393 e. The van der Waals surface area contributed by atoms with Crippen LogP contribution in [0.1, 0.15) is 78.6 Å². The Hall–Kier alpha value is -0.300. The summed E-state index contributed by atoms with van der Waals surface area (Å²) in [5.41, 5.74) is 0.762. The molecule has 1 unspecified atom stereocenters. The maximum absolute atomic E-state index is 10.6. The van der Waals surface area contributed by atoms with E-state index in [2.05, 4.69) is 32.9 Å². The maximum atomic E-state index is 10.6. The molecule has 8 atom stereocenters. The van der Waals surface area contributed by atoms with Gasteiger partial charge in [0.2, 0.25) is 0 Å². The zero-order valence-electron chi connectivity index (χ0n) is 15.4. The average molecular weight is 317 g/mol. The summed E-state index contributed by atoms with van der Waals surface area (Å²) in [4.78, 5) is 0. The van der Waals surface area contributed by atoms with Gasteiger partial charge in [-0.3, -0.25) is 0 Å². The molecule has 0 aromatic carbocycles. The highest BCUT2D eigenvalue weighted by Gasteiger charge is 2.60. The first-order chi connectivity index (χ1) is 11.0. The van der Waals surface area contributed by atoms with Crippen molar-refractivity contribution in [3.05, 3.63) is 12.2 Å². The molecule has 1 heteroatoms. The molecule has 130 valence electrons. The van der Waals surface area contributed by atoms with Crippen molar-refractivity contribution in [2.45, 2.75) is 84.7 Å². The molecule has 4 aliphatic carbocycles. The van der Waals surface area contributed by atoms with E-state index in [-0.39, 0.29) is 11.5 Å². The molecular formula is C22H36O. The van der Waals surface area contributed by atoms with Crippen LogP contribution in [-0.4, -0.2) is 11.2 Å². The number of fused-ring (bicyclic) bond motifs is 5. The van der Waals surface area contributed by atoms with Crippen molar-refractivity contribution in [3.63, 3.8) is 0 Å². The van der Waals surface area contributed by atoms with E-state index in [1.54, 1.807) is 0 Å². The van der Waals surface area contributed by atoms with Gasteiger partial charge < -0.3 is 5.11 Å². The molecular weight excluding hydrogens is 280 g/mol. The zero-order valence-corrected chi connectivity index (χ0v) is 15.4. The smallest absolute Gasteiger partial charge is 0.0596 e. The van der Waals surface area contributed by atoms with Crippen LogP contribution in [0, 0.1) is 40.4 Å². The molecule has 0 amide bonds. The van der Waals surface area contributed by atoms with Gasteiger partial charge in [0.15, 0.2) is 0 Å². The Morgan fingerprint density at radius 2 is 1.83 bits per heavy atom. The summed E-state index contributed by atoms with van der Waals surface area (Å²) in [6.45, 7) is 7.41. The number of rotatable bonds is 2. The van der Waals surface area contributed by atoms with Gasteiger partial charge in [-0.2, -0.15) is 0 Å². The lowest BCUT2D eigenvalue weighted by Gasteiger charge is -2.61. The van der Waals surface area contributed by atoms with Gasteiger partial charge in [0.25, 0.3) is 0 Å². The van der Waals surface area contributed by atoms with Crippen molar-refractivity contribution in [2.24, 2.45) is 40.4 Å². The van der Waals surface area contributed by atoms with Crippen molar-refractivity contribution >= 4 is 0 Å². The minimum atomic E-state index is -0.0325. The van der Waals surface area contributed by atoms with Crippen molar-refractivity contribution in [1.82, 2.24) is 0 Å². The van der Waals surface area contributed by atoms with E-state index in [9.17, 15) is 5.11 Å². The molecule has 23 heavy (non-hydrogen) atoms. The second-order valence-corrected chi connectivity index (χ2v) is 9.80. The summed E-state index contributed by atoms with van der Waals surface area (Å²) >= 11 is 0. The van der Waals surface area contributed by atoms with Crippen LogP contribution in [0.3, 0.4) is 0 Å². The molecule has 3 saturated carbocycles. The third-order valence-corrected chi connectivity index (χ3v) is 8.93. The van der Waals surface area contributed by atoms with Crippen molar-refractivity contribution in [1.29, 1.82) is 0 Å². The second kappa shape index (κ2) is 5.61. The van der Waals surface area contributed by atoms with Crippen molar-refractivity contribution in [2.75, 3.05) is 0 Å². The third kappa shape index (κ3) is 2.21. The Bertz CT molecular complexity index is 482. The number of aliphatic hydroxyl groups excluding tert-OH is 1. The van der Waals surface area contributed by atoms with Crippen LogP contribution in [0.25, 0.3) is 0 Å². The summed E-state index contributed by atoms with van der Waals surface area (Å²) in [7, 11) is 0. The Labute approximate surface area is 142 Å². The standard InChI is InChI=1S/C22H36O/c1-4-7-15-14-16-18-9-10-20(23)22(18,3)13-11-19(16)21(2)12-6-5-8-17(15)21/h5,8,15-20,23H,4,6-7,9-14H2,1-3H3/t15-,16+,17?,18+,19+,20+,21+,22+/m1/s1. The van der Waals surface area contributed by atoms with Crippen LogP contribution in [0.4, 0.5) is 0 Å². The molecule has 1 nitrogen and oxygen atoms in total. The molecule has 0 saturated heterocycles. The van der Waals surface area contributed by atoms with Crippen LogP contribution >= 0.6 is 0 Å². The van der Waals surface area contributed by atoms with E-state index >= 15 is 0 Å². The Morgan fingerprint density at radius 1 is 1.04 bits per heavy atom. The number of aliphatic hydroxyl groups is 1. The molecule has 0 heterocycles. The zero-order chi connectivity index (χ0) is 16.2. The van der Waals surface area contributed by atoms with E-state index in [0.29, 0.717) is 5.41 Å². The molecule has 4 aliphatic rings. The number of hydrogen-bond donors (Lipinski definition) is 1. The molecule has 0 aromatic heterocycles. The molecule has 1 N–H and O–H groups in total. The second-order valence-electron chi connectivity index (χ2n) is 9.80. The highest BCUT2D eigenvalue weighted by Crippen LogP contribution is 2.66. The van der Waals surface area contributed by atoms with Crippen molar-refractivity contribution in [3.8, 4) is 0 Å². The van der Waals surface area contributed by atoms with E-state index in [4.69, 9.17) is 0 Å². The molecule has 0 radical (unpaired) electrons. The van der Waals surface area contributed by atoms with Gasteiger partial charge in [0.05, 0.1) is 6.10 Å². The van der Waals surface area contributed by atoms with Crippen LogP contribution in [0.5, 0.6) is 0 Å². The fourth-order valence-corrected chi connectivity index (χ4v) is 7.72. The first-order valence-electron chi connectivity index (χ1n) is 10.4. The molecule has 0 spiro atoms. The monoisotopic (exact) mass is 316 g/mol. The summed E-state index contributed by atoms with van der Waals surface area (Å²) in [6, 6.07) is 0. The Balaban J connectivity index is 1.69. The van der Waals surface area contributed by atoms with Crippen LogP contribution in [0.2, 0.25) is 0 Å². The van der Waals surface area contributed by atoms with Crippen LogP contribution in [0.15, 0.2) is 12.2 Å². The predicted molar refractivity (Wildman–Crippen MR) is 96.0 cm³/mol. The number of hydrogen-bond acceptors (Lipinski definition) is 1. The lowest BCUT2D eigenvalue weighted by Crippen LogP contribution is -2.55. The predicted octanol–water partition coefficient (Wildman–Crippen LogP) is 5.58. The first-order valence-corrected chi connectivity index (χ1v) is 10.4. The van der Waals surface area contributed by atoms with E-state index in [1.807, 2.05) is 0 Å². The van der Waals surface area contributed by atoms with Gasteiger partial charge in [0, 0.05) is 0 Å². The van der Waals surface area contributed by atoms with E-state index in [0.717, 1.165) is 36.0 Å². The molecule has 0 aliphatic heterocycles. The topological polar surface area (TPSA) is 20.2 Å². The summed E-state index contributed by atoms with van der Waals surface area (Å²) in [5, 5.41) is 10.6. The first kappa shape index (κ1) is 16.2. The lowest BCUT2D eigenvalue weighted by molar-refractivity contribution is -0.123. The summed E-state index contributed by atoms with van der Waals surface area (Å²) in [5.74, 6) is 4.31. The highest BCUT2D eigenvalue weighted by molar-refractivity contribution is 5.15. The van der Waals surface area contributed by atoms with Crippen LogP contribution < -0.4 is 0 Å². The van der Waals surface area contributed by atoms with Gasteiger partial charge >= 0.3 is 0 Å². The highest BCUT2D eigenvalue weighted by atomic mass is 16.3. The van der Waals surface area contributed by atoms with Crippen molar-refractivity contribution < 1.29 is 5.11 Å². The lowest BCUT2D eigenvalue weighted by atomic mass is 9.44. The van der Waals surface area contributed by atoms with Gasteiger partial charge in [-0.05, 0) is 85.4 Å². The third-order valence-electron chi connectivity index (χ3n) is 8.93. The van der Waals surface area contributed by atoms with Crippen LogP contribution in [-0.2, 0) is 0 Å². The van der Waals surface area contributed by atoms with E-state index < -0.39 is 0 Å². The normalized spacial score (nSPS) is 55.1. The summed E-state index contributed by atoms with van der Waals surface area (Å²) < 4.78 is 0. The minimum absolute atomic E-state index is 0.0325.